The van der Waals surface area contributed by atoms with E-state index in [2.05, 4.69) is 51.7 Å². The van der Waals surface area contributed by atoms with Gasteiger partial charge in [0.05, 0.1) is 12.1 Å². The molecule has 0 saturated heterocycles. The number of rotatable bonds is 4. The van der Waals surface area contributed by atoms with Crippen LogP contribution in [0.4, 0.5) is 0 Å². The molecule has 2 aromatic rings. The fourth-order valence-corrected chi connectivity index (χ4v) is 3.58. The molecule has 3 N–H and O–H groups in total. The molecule has 2 rings (SSSR count). The molecule has 2 nitrogen and oxygen atoms in total. The Balaban J connectivity index is 2.31. The van der Waals surface area contributed by atoms with Gasteiger partial charge in [0, 0.05) is 9.35 Å². The molecule has 0 bridgehead atoms. The number of aryl methyl sites for hydroxylation is 1. The van der Waals surface area contributed by atoms with Crippen LogP contribution in [0, 0.1) is 6.92 Å². The first-order chi connectivity index (χ1) is 8.63. The van der Waals surface area contributed by atoms with Crippen LogP contribution < -0.4 is 11.1 Å². The summed E-state index contributed by atoms with van der Waals surface area (Å²) in [4.78, 5) is 1.31. The standard InChI is InChI=1S/C14H17BrN2S/c1-9-6-7-18-14(9)13(17-2)12(16)10-4-3-5-11(15)8-10/h3-8,12-13,17H,16H2,1-2H3. The second-order valence-electron chi connectivity index (χ2n) is 4.31. The van der Waals surface area contributed by atoms with Gasteiger partial charge in [0.15, 0.2) is 0 Å². The van der Waals surface area contributed by atoms with Crippen LogP contribution in [0.15, 0.2) is 40.2 Å². The van der Waals surface area contributed by atoms with Crippen molar-refractivity contribution in [3.63, 3.8) is 0 Å². The van der Waals surface area contributed by atoms with Gasteiger partial charge in [-0.3, -0.25) is 0 Å². The van der Waals surface area contributed by atoms with Gasteiger partial charge in [-0.25, -0.2) is 0 Å². The molecule has 0 aliphatic rings. The third kappa shape index (κ3) is 2.83. The van der Waals surface area contributed by atoms with Crippen LogP contribution in [0.1, 0.15) is 28.1 Å². The van der Waals surface area contributed by atoms with Crippen molar-refractivity contribution >= 4 is 27.3 Å². The molecule has 1 aromatic heterocycles. The van der Waals surface area contributed by atoms with Crippen molar-refractivity contribution in [2.24, 2.45) is 5.73 Å². The molecule has 2 atom stereocenters. The summed E-state index contributed by atoms with van der Waals surface area (Å²) in [6.07, 6.45) is 0. The molecule has 0 aliphatic carbocycles. The Bertz CT molecular complexity index is 524. The predicted octanol–water partition coefficient (Wildman–Crippen LogP) is 3.78. The second-order valence-corrected chi connectivity index (χ2v) is 6.18. The molecular formula is C14H17BrN2S. The van der Waals surface area contributed by atoms with Crippen molar-refractivity contribution in [3.8, 4) is 0 Å². The number of likely N-dealkylation sites (N-methyl/N-ethyl adjacent to an activating group) is 1. The highest BCUT2D eigenvalue weighted by Crippen LogP contribution is 2.32. The average molecular weight is 325 g/mol. The number of benzene rings is 1. The van der Waals surface area contributed by atoms with Crippen LogP contribution in [0.3, 0.4) is 0 Å². The summed E-state index contributed by atoms with van der Waals surface area (Å²) in [6, 6.07) is 10.4. The summed E-state index contributed by atoms with van der Waals surface area (Å²) in [5.41, 5.74) is 8.83. The molecule has 1 heterocycles. The van der Waals surface area contributed by atoms with Crippen LogP contribution >= 0.6 is 27.3 Å². The molecule has 4 heteroatoms. The van der Waals surface area contributed by atoms with E-state index in [0.717, 1.165) is 10.0 Å². The summed E-state index contributed by atoms with van der Waals surface area (Å²) in [5, 5.41) is 5.45. The second kappa shape index (κ2) is 5.97. The summed E-state index contributed by atoms with van der Waals surface area (Å²) in [6.45, 7) is 2.13. The zero-order valence-electron chi connectivity index (χ0n) is 10.5. The van der Waals surface area contributed by atoms with Crippen LogP contribution in [0.2, 0.25) is 0 Å². The van der Waals surface area contributed by atoms with Crippen molar-refractivity contribution in [2.75, 3.05) is 7.05 Å². The van der Waals surface area contributed by atoms with E-state index < -0.39 is 0 Å². The van der Waals surface area contributed by atoms with Gasteiger partial charge in [-0.15, -0.1) is 11.3 Å². The largest absolute Gasteiger partial charge is 0.322 e. The lowest BCUT2D eigenvalue weighted by molar-refractivity contribution is 0.497. The van der Waals surface area contributed by atoms with E-state index in [1.807, 2.05) is 19.2 Å². The number of hydrogen-bond donors (Lipinski definition) is 2. The monoisotopic (exact) mass is 324 g/mol. The zero-order valence-corrected chi connectivity index (χ0v) is 12.9. The van der Waals surface area contributed by atoms with Crippen LogP contribution in [-0.4, -0.2) is 7.05 Å². The van der Waals surface area contributed by atoms with Gasteiger partial charge >= 0.3 is 0 Å². The Morgan fingerprint density at radius 3 is 2.67 bits per heavy atom. The van der Waals surface area contributed by atoms with Crippen molar-refractivity contribution < 1.29 is 0 Å². The zero-order chi connectivity index (χ0) is 13.1. The lowest BCUT2D eigenvalue weighted by atomic mass is 9.97. The van der Waals surface area contributed by atoms with E-state index in [4.69, 9.17) is 5.73 Å². The third-order valence-corrected chi connectivity index (χ3v) is 4.68. The highest BCUT2D eigenvalue weighted by atomic mass is 79.9. The molecule has 2 unspecified atom stereocenters. The third-order valence-electron chi connectivity index (χ3n) is 3.09. The highest BCUT2D eigenvalue weighted by molar-refractivity contribution is 9.10. The van der Waals surface area contributed by atoms with E-state index in [9.17, 15) is 0 Å². The van der Waals surface area contributed by atoms with Crippen molar-refractivity contribution in [1.29, 1.82) is 0 Å². The normalized spacial score (nSPS) is 14.4. The fraction of sp³-hybridized carbons (Fsp3) is 0.286. The van der Waals surface area contributed by atoms with Gasteiger partial charge in [-0.1, -0.05) is 28.1 Å². The lowest BCUT2D eigenvalue weighted by Gasteiger charge is -2.24. The minimum absolute atomic E-state index is 0.0511. The van der Waals surface area contributed by atoms with E-state index in [-0.39, 0.29) is 12.1 Å². The summed E-state index contributed by atoms with van der Waals surface area (Å²) in [7, 11) is 1.96. The Hall–Kier alpha value is -0.680. The minimum atomic E-state index is -0.0511. The average Bonchev–Trinajstić information content (AvgIpc) is 2.77. The number of nitrogens with one attached hydrogen (secondary N) is 1. The van der Waals surface area contributed by atoms with Gasteiger partial charge in [-0.2, -0.15) is 0 Å². The summed E-state index contributed by atoms with van der Waals surface area (Å²) >= 11 is 5.25. The molecule has 0 spiro atoms. The molecule has 0 aliphatic heterocycles. The molecule has 96 valence electrons. The number of nitrogens with two attached hydrogens (primary N) is 1. The number of halogens is 1. The quantitative estimate of drug-likeness (QED) is 0.898. The SMILES string of the molecule is CNC(c1sccc1C)C(N)c1cccc(Br)c1. The number of hydrogen-bond acceptors (Lipinski definition) is 3. The van der Waals surface area contributed by atoms with E-state index in [1.165, 1.54) is 10.4 Å². The van der Waals surface area contributed by atoms with Gasteiger partial charge < -0.3 is 11.1 Å². The van der Waals surface area contributed by atoms with Gasteiger partial charge in [0.1, 0.15) is 0 Å². The first-order valence-electron chi connectivity index (χ1n) is 5.85. The van der Waals surface area contributed by atoms with Crippen molar-refractivity contribution in [3.05, 3.63) is 56.2 Å². The smallest absolute Gasteiger partial charge is 0.0611 e. The van der Waals surface area contributed by atoms with Gasteiger partial charge in [0.2, 0.25) is 0 Å². The van der Waals surface area contributed by atoms with E-state index in [1.54, 1.807) is 11.3 Å². The predicted molar refractivity (Wildman–Crippen MR) is 81.9 cm³/mol. The highest BCUT2D eigenvalue weighted by Gasteiger charge is 2.22. The minimum Gasteiger partial charge on any atom is -0.322 e. The van der Waals surface area contributed by atoms with Gasteiger partial charge in [0.25, 0.3) is 0 Å². The van der Waals surface area contributed by atoms with Crippen LogP contribution in [0.25, 0.3) is 0 Å². The first-order valence-corrected chi connectivity index (χ1v) is 7.53. The molecule has 18 heavy (non-hydrogen) atoms. The molecular weight excluding hydrogens is 308 g/mol. The van der Waals surface area contributed by atoms with Gasteiger partial charge in [-0.05, 0) is 48.7 Å². The number of thiophene rings is 1. The van der Waals surface area contributed by atoms with E-state index >= 15 is 0 Å². The first kappa shape index (κ1) is 13.7. The molecule has 0 fully saturated rings. The maximum absolute atomic E-state index is 6.40. The molecule has 0 radical (unpaired) electrons. The van der Waals surface area contributed by atoms with E-state index in [0.29, 0.717) is 0 Å². The fourth-order valence-electron chi connectivity index (χ4n) is 2.08. The van der Waals surface area contributed by atoms with Crippen LogP contribution in [-0.2, 0) is 0 Å². The summed E-state index contributed by atoms with van der Waals surface area (Å²) in [5.74, 6) is 0. The molecule has 0 amide bonds. The Morgan fingerprint density at radius 2 is 2.11 bits per heavy atom. The summed E-state index contributed by atoms with van der Waals surface area (Å²) < 4.78 is 1.06. The van der Waals surface area contributed by atoms with Crippen molar-refractivity contribution in [2.45, 2.75) is 19.0 Å². The Morgan fingerprint density at radius 1 is 1.33 bits per heavy atom. The van der Waals surface area contributed by atoms with Crippen molar-refractivity contribution in [1.82, 2.24) is 5.32 Å². The molecule has 1 aromatic carbocycles. The Labute approximate surface area is 120 Å². The molecule has 0 saturated carbocycles. The van der Waals surface area contributed by atoms with Crippen LogP contribution in [0.5, 0.6) is 0 Å². The lowest BCUT2D eigenvalue weighted by Crippen LogP contribution is -2.29. The Kier molecular flexibility index (Phi) is 4.56. The maximum atomic E-state index is 6.40. The topological polar surface area (TPSA) is 38.0 Å². The maximum Gasteiger partial charge on any atom is 0.0611 e.